The number of hydrogen-bond donors (Lipinski definition) is 2. The number of carbonyl (C=O) groups is 1. The van der Waals surface area contributed by atoms with Crippen molar-refractivity contribution in [3.8, 4) is 6.01 Å². The molecule has 10 nitrogen and oxygen atoms in total. The molecule has 11 heteroatoms. The standard InChI is InChI=1S/C18H22N8O2S.C2H6.2H2/c1-25(15-13-3-4-19-14(13)20-9-21-15)12-5-10-7-26(8-11(10)6-12)18(27)23-17-22-16(28-2)24-29-17;1-2;;/h3-4,9-12H,5-8H2,1-2H3,(H,19,20,21)(H,22,23,24,27);1-2H3;2*1H/t10-,11+,12?;;;. The van der Waals surface area contributed by atoms with Crippen molar-refractivity contribution in [3.63, 3.8) is 0 Å². The number of aromatic amines is 1. The highest BCUT2D eigenvalue weighted by molar-refractivity contribution is 7.10. The molecule has 3 atom stereocenters. The number of ether oxygens (including phenoxy) is 1. The van der Waals surface area contributed by atoms with Crippen LogP contribution in [0.15, 0.2) is 18.6 Å². The molecule has 1 saturated heterocycles. The summed E-state index contributed by atoms with van der Waals surface area (Å²) in [4.78, 5) is 32.8. The fraction of sp³-hybridized carbons (Fsp3) is 0.550. The van der Waals surface area contributed by atoms with Gasteiger partial charge in [-0.25, -0.2) is 14.8 Å². The predicted octanol–water partition coefficient (Wildman–Crippen LogP) is 3.71. The Labute approximate surface area is 188 Å². The summed E-state index contributed by atoms with van der Waals surface area (Å²) < 4.78 is 8.97. The summed E-state index contributed by atoms with van der Waals surface area (Å²) in [5.74, 6) is 1.96. The maximum atomic E-state index is 12.6. The second-order valence-electron chi connectivity index (χ2n) is 7.61. The van der Waals surface area contributed by atoms with E-state index in [4.69, 9.17) is 4.74 Å². The molecule has 1 aliphatic heterocycles. The second-order valence-corrected chi connectivity index (χ2v) is 8.37. The number of hydrogen-bond acceptors (Lipinski definition) is 8. The van der Waals surface area contributed by atoms with E-state index in [1.165, 1.54) is 7.11 Å². The maximum Gasteiger partial charge on any atom is 0.329 e. The van der Waals surface area contributed by atoms with Gasteiger partial charge < -0.3 is 19.5 Å². The number of H-pyrrole nitrogens is 1. The van der Waals surface area contributed by atoms with Gasteiger partial charge in [-0.3, -0.25) is 5.32 Å². The molecule has 0 spiro atoms. The van der Waals surface area contributed by atoms with Gasteiger partial charge in [0.2, 0.25) is 5.13 Å². The third kappa shape index (κ3) is 4.14. The van der Waals surface area contributed by atoms with Crippen molar-refractivity contribution in [3.05, 3.63) is 18.6 Å². The molecule has 3 aromatic rings. The molecule has 5 rings (SSSR count). The molecule has 0 aromatic carbocycles. The molecule has 1 saturated carbocycles. The lowest BCUT2D eigenvalue weighted by Crippen LogP contribution is -2.36. The minimum absolute atomic E-state index is 0. The molecule has 2 N–H and O–H groups in total. The monoisotopic (exact) mass is 448 g/mol. The molecule has 0 radical (unpaired) electrons. The molecule has 0 bridgehead atoms. The van der Waals surface area contributed by atoms with Crippen LogP contribution in [0.3, 0.4) is 0 Å². The SMILES string of the molecule is CC.COc1nsc(NC(=O)N2C[C@H]3CC(N(C)c4ncnc5[nH]ccc45)C[C@H]3C2)n1.[HH].[HH]. The Morgan fingerprint density at radius 3 is 2.74 bits per heavy atom. The van der Waals surface area contributed by atoms with E-state index in [1.54, 1.807) is 6.33 Å². The Hall–Kier alpha value is -2.95. The first kappa shape index (κ1) is 21.3. The zero-order valence-electron chi connectivity index (χ0n) is 18.2. The van der Waals surface area contributed by atoms with Gasteiger partial charge in [-0.15, -0.1) is 4.37 Å². The van der Waals surface area contributed by atoms with E-state index in [0.29, 0.717) is 23.0 Å². The first-order valence-corrected chi connectivity index (χ1v) is 11.3. The summed E-state index contributed by atoms with van der Waals surface area (Å²) in [6, 6.07) is 2.59. The summed E-state index contributed by atoms with van der Waals surface area (Å²) in [7, 11) is 3.61. The van der Waals surface area contributed by atoms with Crippen LogP contribution < -0.4 is 15.0 Å². The van der Waals surface area contributed by atoms with Crippen LogP contribution in [0.5, 0.6) is 6.01 Å². The number of carbonyl (C=O) groups excluding carboxylic acids is 1. The van der Waals surface area contributed by atoms with Gasteiger partial charge in [0.05, 0.1) is 12.5 Å². The smallest absolute Gasteiger partial charge is 0.329 e. The van der Waals surface area contributed by atoms with Crippen molar-refractivity contribution in [2.24, 2.45) is 11.8 Å². The quantitative estimate of drug-likeness (QED) is 0.625. The molecule has 31 heavy (non-hydrogen) atoms. The van der Waals surface area contributed by atoms with Gasteiger partial charge >= 0.3 is 12.0 Å². The van der Waals surface area contributed by atoms with E-state index in [2.05, 4.69) is 41.6 Å². The van der Waals surface area contributed by atoms with E-state index >= 15 is 0 Å². The average Bonchev–Trinajstić information content (AvgIpc) is 3.56. The molecule has 4 heterocycles. The highest BCUT2D eigenvalue weighted by Gasteiger charge is 2.44. The molecular weight excluding hydrogens is 416 g/mol. The number of amides is 2. The highest BCUT2D eigenvalue weighted by Crippen LogP contribution is 2.41. The van der Waals surface area contributed by atoms with E-state index in [9.17, 15) is 4.79 Å². The number of fused-ring (bicyclic) bond motifs is 2. The maximum absolute atomic E-state index is 12.6. The zero-order chi connectivity index (χ0) is 22.0. The lowest BCUT2D eigenvalue weighted by Gasteiger charge is -2.27. The Bertz CT molecular complexity index is 1030. The molecule has 170 valence electrons. The number of methoxy groups -OCH3 is 1. The van der Waals surface area contributed by atoms with Crippen molar-refractivity contribution < 1.29 is 12.4 Å². The number of nitrogens with zero attached hydrogens (tertiary/aromatic N) is 6. The van der Waals surface area contributed by atoms with Crippen molar-refractivity contribution in [1.82, 2.24) is 29.2 Å². The molecule has 3 aromatic heterocycles. The molecule has 2 amide bonds. The highest BCUT2D eigenvalue weighted by atomic mass is 32.1. The molecule has 2 aliphatic rings. The van der Waals surface area contributed by atoms with Crippen LogP contribution >= 0.6 is 11.5 Å². The molecular formula is C20H32N8O2S. The average molecular weight is 449 g/mol. The van der Waals surface area contributed by atoms with Crippen molar-refractivity contribution in [1.29, 1.82) is 0 Å². The number of likely N-dealkylation sites (tertiary alicyclic amines) is 1. The van der Waals surface area contributed by atoms with Gasteiger partial charge in [-0.05, 0) is 30.7 Å². The fourth-order valence-corrected chi connectivity index (χ4v) is 5.11. The van der Waals surface area contributed by atoms with E-state index in [-0.39, 0.29) is 14.9 Å². The summed E-state index contributed by atoms with van der Waals surface area (Å²) in [5.41, 5.74) is 0.858. The number of urea groups is 1. The van der Waals surface area contributed by atoms with Gasteiger partial charge in [-0.1, -0.05) is 13.8 Å². The molecule has 1 unspecified atom stereocenters. The normalized spacial score (nSPS) is 22.1. The molecule has 1 aliphatic carbocycles. The number of anilines is 2. The summed E-state index contributed by atoms with van der Waals surface area (Å²) >= 11 is 1.12. The fourth-order valence-electron chi connectivity index (χ4n) is 4.58. The predicted molar refractivity (Wildman–Crippen MR) is 125 cm³/mol. The lowest BCUT2D eigenvalue weighted by atomic mass is 10.0. The third-order valence-electron chi connectivity index (χ3n) is 6.03. The zero-order valence-corrected chi connectivity index (χ0v) is 19.0. The van der Waals surface area contributed by atoms with Gasteiger partial charge in [0.25, 0.3) is 0 Å². The number of nitrogens with one attached hydrogen (secondary N) is 2. The largest absolute Gasteiger partial charge is 0.466 e. The van der Waals surface area contributed by atoms with Gasteiger partial charge in [0.1, 0.15) is 17.8 Å². The van der Waals surface area contributed by atoms with Crippen LogP contribution in [-0.2, 0) is 0 Å². The van der Waals surface area contributed by atoms with Crippen molar-refractivity contribution in [2.75, 3.05) is 37.5 Å². The second kappa shape index (κ2) is 9.04. The van der Waals surface area contributed by atoms with Crippen molar-refractivity contribution in [2.45, 2.75) is 32.7 Å². The minimum atomic E-state index is -0.118. The van der Waals surface area contributed by atoms with E-state index < -0.39 is 0 Å². The van der Waals surface area contributed by atoms with E-state index in [1.807, 2.05) is 31.0 Å². The Balaban J connectivity index is 0.000000939. The summed E-state index contributed by atoms with van der Waals surface area (Å²) in [5, 5.41) is 4.33. The van der Waals surface area contributed by atoms with Crippen LogP contribution in [0.25, 0.3) is 11.0 Å². The molecule has 2 fully saturated rings. The summed E-state index contributed by atoms with van der Waals surface area (Å²) in [6.45, 7) is 5.53. The van der Waals surface area contributed by atoms with Crippen LogP contribution in [0.1, 0.15) is 29.5 Å². The van der Waals surface area contributed by atoms with Crippen LogP contribution in [0.4, 0.5) is 15.7 Å². The Kier molecular flexibility index (Phi) is 6.21. The van der Waals surface area contributed by atoms with Crippen LogP contribution in [0, 0.1) is 11.8 Å². The van der Waals surface area contributed by atoms with Gasteiger partial charge in [0, 0.05) is 46.8 Å². The van der Waals surface area contributed by atoms with Gasteiger partial charge in [-0.2, -0.15) is 4.98 Å². The van der Waals surface area contributed by atoms with E-state index in [0.717, 1.165) is 54.3 Å². The van der Waals surface area contributed by atoms with Crippen molar-refractivity contribution >= 4 is 39.5 Å². The first-order valence-electron chi connectivity index (χ1n) is 10.6. The Morgan fingerprint density at radius 2 is 2.06 bits per heavy atom. The van der Waals surface area contributed by atoms with Crippen LogP contribution in [0.2, 0.25) is 0 Å². The van der Waals surface area contributed by atoms with Gasteiger partial charge in [0.15, 0.2) is 0 Å². The number of aromatic nitrogens is 5. The lowest BCUT2D eigenvalue weighted by molar-refractivity contribution is 0.218. The topological polar surface area (TPSA) is 112 Å². The Morgan fingerprint density at radius 1 is 1.32 bits per heavy atom. The summed E-state index contributed by atoms with van der Waals surface area (Å²) in [6.07, 6.45) is 5.60. The first-order chi connectivity index (χ1) is 15.1. The number of rotatable bonds is 4. The van der Waals surface area contributed by atoms with Crippen LogP contribution in [-0.4, -0.2) is 68.5 Å². The minimum Gasteiger partial charge on any atom is -0.466 e. The third-order valence-corrected chi connectivity index (χ3v) is 6.65.